The summed E-state index contributed by atoms with van der Waals surface area (Å²) >= 11 is 2.01. The molecule has 0 aliphatic carbocycles. The predicted molar refractivity (Wildman–Crippen MR) is 72.7 cm³/mol. The standard InChI is InChI=1S/C13H20N2OS/c1-10-7-15(8-11(2)17-10)9-13(16)12-5-4-6-14(12)3/h4-6,10-11H,7-9H2,1-3H3. The molecule has 0 radical (unpaired) electrons. The van der Waals surface area contributed by atoms with Gasteiger partial charge in [0.1, 0.15) is 0 Å². The largest absolute Gasteiger partial charge is 0.348 e. The second-order valence-corrected chi connectivity index (χ2v) is 6.76. The molecule has 1 aromatic rings. The number of hydrogen-bond donors (Lipinski definition) is 0. The van der Waals surface area contributed by atoms with Crippen LogP contribution in [0.3, 0.4) is 0 Å². The quantitative estimate of drug-likeness (QED) is 0.770. The molecule has 2 rings (SSSR count). The van der Waals surface area contributed by atoms with Gasteiger partial charge in [-0.05, 0) is 12.1 Å². The zero-order valence-electron chi connectivity index (χ0n) is 10.7. The van der Waals surface area contributed by atoms with E-state index in [0.29, 0.717) is 17.0 Å². The van der Waals surface area contributed by atoms with Crippen LogP contribution < -0.4 is 0 Å². The lowest BCUT2D eigenvalue weighted by molar-refractivity contribution is 0.0922. The van der Waals surface area contributed by atoms with E-state index >= 15 is 0 Å². The van der Waals surface area contributed by atoms with Crippen LogP contribution in [-0.4, -0.2) is 45.4 Å². The van der Waals surface area contributed by atoms with Gasteiger partial charge in [0.15, 0.2) is 5.78 Å². The highest BCUT2D eigenvalue weighted by atomic mass is 32.2. The molecule has 0 amide bonds. The second kappa shape index (κ2) is 5.27. The zero-order valence-corrected chi connectivity index (χ0v) is 11.5. The van der Waals surface area contributed by atoms with E-state index in [0.717, 1.165) is 18.8 Å². The molecule has 4 heteroatoms. The molecule has 0 bridgehead atoms. The van der Waals surface area contributed by atoms with Crippen molar-refractivity contribution in [1.29, 1.82) is 0 Å². The molecular formula is C13H20N2OS. The van der Waals surface area contributed by atoms with Crippen LogP contribution in [0, 0.1) is 0 Å². The monoisotopic (exact) mass is 252 g/mol. The van der Waals surface area contributed by atoms with Gasteiger partial charge in [0.2, 0.25) is 0 Å². The van der Waals surface area contributed by atoms with Gasteiger partial charge in [-0.3, -0.25) is 9.69 Å². The van der Waals surface area contributed by atoms with Crippen molar-refractivity contribution in [3.63, 3.8) is 0 Å². The van der Waals surface area contributed by atoms with Crippen molar-refractivity contribution >= 4 is 17.5 Å². The average molecular weight is 252 g/mol. The molecule has 2 atom stereocenters. The first-order valence-electron chi connectivity index (χ1n) is 6.08. The third-order valence-electron chi connectivity index (χ3n) is 3.09. The maximum absolute atomic E-state index is 12.1. The topological polar surface area (TPSA) is 25.2 Å². The lowest BCUT2D eigenvalue weighted by atomic mass is 10.2. The van der Waals surface area contributed by atoms with E-state index < -0.39 is 0 Å². The van der Waals surface area contributed by atoms with Crippen LogP contribution in [0.4, 0.5) is 0 Å². The Balaban J connectivity index is 1.97. The molecule has 0 spiro atoms. The third-order valence-corrected chi connectivity index (χ3v) is 4.32. The van der Waals surface area contributed by atoms with Gasteiger partial charge in [0, 0.05) is 36.8 Å². The van der Waals surface area contributed by atoms with E-state index in [1.54, 1.807) is 0 Å². The average Bonchev–Trinajstić information content (AvgIpc) is 2.62. The molecule has 17 heavy (non-hydrogen) atoms. The summed E-state index contributed by atoms with van der Waals surface area (Å²) in [6.07, 6.45) is 1.92. The Hall–Kier alpha value is -0.740. The minimum atomic E-state index is 0.226. The van der Waals surface area contributed by atoms with Crippen LogP contribution in [0.15, 0.2) is 18.3 Å². The summed E-state index contributed by atoms with van der Waals surface area (Å²) < 4.78 is 1.90. The number of hydrogen-bond acceptors (Lipinski definition) is 3. The first-order valence-corrected chi connectivity index (χ1v) is 7.03. The third kappa shape index (κ3) is 3.13. The first-order chi connectivity index (χ1) is 8.06. The van der Waals surface area contributed by atoms with Crippen molar-refractivity contribution in [2.75, 3.05) is 19.6 Å². The van der Waals surface area contributed by atoms with E-state index in [1.165, 1.54) is 0 Å². The first kappa shape index (κ1) is 12.7. The van der Waals surface area contributed by atoms with E-state index in [9.17, 15) is 4.79 Å². The Morgan fingerprint density at radius 3 is 2.59 bits per heavy atom. The minimum absolute atomic E-state index is 0.226. The fraction of sp³-hybridized carbons (Fsp3) is 0.615. The lowest BCUT2D eigenvalue weighted by Gasteiger charge is -2.34. The minimum Gasteiger partial charge on any atom is -0.348 e. The number of aryl methyl sites for hydroxylation is 1. The Morgan fingerprint density at radius 1 is 1.41 bits per heavy atom. The predicted octanol–water partition coefficient (Wildman–Crippen LogP) is 2.03. The fourth-order valence-corrected chi connectivity index (χ4v) is 3.84. The van der Waals surface area contributed by atoms with Crippen molar-refractivity contribution in [2.24, 2.45) is 7.05 Å². The Morgan fingerprint density at radius 2 is 2.06 bits per heavy atom. The van der Waals surface area contributed by atoms with Gasteiger partial charge in [0.05, 0.1) is 12.2 Å². The zero-order chi connectivity index (χ0) is 12.4. The Bertz CT molecular complexity index is 392. The summed E-state index contributed by atoms with van der Waals surface area (Å²) in [5, 5.41) is 1.25. The van der Waals surface area contributed by atoms with Crippen molar-refractivity contribution in [2.45, 2.75) is 24.3 Å². The summed E-state index contributed by atoms with van der Waals surface area (Å²) in [5.74, 6) is 0.226. The van der Waals surface area contributed by atoms with Crippen LogP contribution in [0.2, 0.25) is 0 Å². The lowest BCUT2D eigenvalue weighted by Crippen LogP contribution is -2.43. The Labute approximate surface area is 107 Å². The molecule has 3 nitrogen and oxygen atoms in total. The van der Waals surface area contributed by atoms with E-state index in [4.69, 9.17) is 0 Å². The molecule has 1 fully saturated rings. The van der Waals surface area contributed by atoms with Crippen molar-refractivity contribution in [3.05, 3.63) is 24.0 Å². The Kier molecular flexibility index (Phi) is 3.94. The summed E-state index contributed by atoms with van der Waals surface area (Å²) in [6, 6.07) is 3.82. The number of Topliss-reactive ketones (excluding diaryl/α,β-unsaturated/α-hetero) is 1. The van der Waals surface area contributed by atoms with Gasteiger partial charge in [-0.15, -0.1) is 0 Å². The van der Waals surface area contributed by atoms with Gasteiger partial charge < -0.3 is 4.57 Å². The van der Waals surface area contributed by atoms with Gasteiger partial charge in [-0.2, -0.15) is 11.8 Å². The number of nitrogens with zero attached hydrogens (tertiary/aromatic N) is 2. The van der Waals surface area contributed by atoms with Crippen molar-refractivity contribution < 1.29 is 4.79 Å². The molecule has 2 unspecified atom stereocenters. The molecule has 1 aromatic heterocycles. The summed E-state index contributed by atoms with van der Waals surface area (Å²) in [6.45, 7) is 7.06. The van der Waals surface area contributed by atoms with Crippen LogP contribution >= 0.6 is 11.8 Å². The smallest absolute Gasteiger partial charge is 0.193 e. The van der Waals surface area contributed by atoms with Crippen LogP contribution in [-0.2, 0) is 7.05 Å². The van der Waals surface area contributed by atoms with Crippen LogP contribution in [0.1, 0.15) is 24.3 Å². The molecule has 0 aromatic carbocycles. The molecule has 0 N–H and O–H groups in total. The highest BCUT2D eigenvalue weighted by molar-refractivity contribution is 8.00. The number of rotatable bonds is 3. The maximum Gasteiger partial charge on any atom is 0.193 e. The molecule has 94 valence electrons. The highest BCUT2D eigenvalue weighted by Gasteiger charge is 2.24. The number of ketones is 1. The number of aromatic nitrogens is 1. The van der Waals surface area contributed by atoms with E-state index in [2.05, 4.69) is 18.7 Å². The summed E-state index contributed by atoms with van der Waals surface area (Å²) in [7, 11) is 1.92. The molecule has 1 aliphatic heterocycles. The van der Waals surface area contributed by atoms with Gasteiger partial charge in [-0.1, -0.05) is 13.8 Å². The SMILES string of the molecule is CC1CN(CC(=O)c2cccn2C)CC(C)S1. The van der Waals surface area contributed by atoms with Gasteiger partial charge in [0.25, 0.3) is 0 Å². The summed E-state index contributed by atoms with van der Waals surface area (Å²) in [4.78, 5) is 14.4. The number of carbonyl (C=O) groups excluding carboxylic acids is 1. The van der Waals surface area contributed by atoms with Crippen molar-refractivity contribution in [1.82, 2.24) is 9.47 Å². The van der Waals surface area contributed by atoms with E-state index in [-0.39, 0.29) is 5.78 Å². The van der Waals surface area contributed by atoms with Crippen LogP contribution in [0.5, 0.6) is 0 Å². The molecular weight excluding hydrogens is 232 g/mol. The highest BCUT2D eigenvalue weighted by Crippen LogP contribution is 2.24. The summed E-state index contributed by atoms with van der Waals surface area (Å²) in [5.41, 5.74) is 0.809. The van der Waals surface area contributed by atoms with E-state index in [1.807, 2.05) is 41.7 Å². The number of thioether (sulfide) groups is 1. The van der Waals surface area contributed by atoms with Gasteiger partial charge >= 0.3 is 0 Å². The molecule has 2 heterocycles. The normalized spacial score (nSPS) is 26.1. The molecule has 0 saturated carbocycles. The molecule has 1 saturated heterocycles. The number of carbonyl (C=O) groups is 1. The van der Waals surface area contributed by atoms with Crippen LogP contribution in [0.25, 0.3) is 0 Å². The van der Waals surface area contributed by atoms with Crippen molar-refractivity contribution in [3.8, 4) is 0 Å². The fourth-order valence-electron chi connectivity index (χ4n) is 2.45. The molecule has 1 aliphatic rings. The van der Waals surface area contributed by atoms with Gasteiger partial charge in [-0.25, -0.2) is 0 Å². The maximum atomic E-state index is 12.1. The second-order valence-electron chi connectivity index (χ2n) is 4.88.